The molecule has 0 bridgehead atoms. The number of nitrogens with one attached hydrogen (secondary N) is 1. The van der Waals surface area contributed by atoms with E-state index in [0.717, 1.165) is 5.56 Å². The lowest BCUT2D eigenvalue weighted by Gasteiger charge is -2.30. The number of alkyl halides is 3. The molecule has 0 aliphatic heterocycles. The highest BCUT2D eigenvalue weighted by Crippen LogP contribution is 2.31. The highest BCUT2D eigenvalue weighted by Gasteiger charge is 2.32. The summed E-state index contributed by atoms with van der Waals surface area (Å²) in [5, 5.41) is 3.31. The first kappa shape index (κ1) is 16.1. The Hall–Kier alpha value is -0.940. The van der Waals surface area contributed by atoms with Crippen molar-refractivity contribution in [2.45, 2.75) is 32.6 Å². The van der Waals surface area contributed by atoms with Crippen LogP contribution in [0.3, 0.4) is 0 Å². The molecule has 0 aliphatic rings. The van der Waals surface area contributed by atoms with Gasteiger partial charge in [0.1, 0.15) is 6.54 Å². The number of hydrogen-bond acceptors (Lipinski definition) is 2. The fraction of sp³-hybridized carbons (Fsp3) is 0.538. The largest absolute Gasteiger partial charge is 0.405 e. The van der Waals surface area contributed by atoms with Gasteiger partial charge >= 0.3 is 6.18 Å². The third-order valence-corrected chi connectivity index (χ3v) is 2.98. The van der Waals surface area contributed by atoms with E-state index in [9.17, 15) is 13.2 Å². The Labute approximate surface area is 116 Å². The Morgan fingerprint density at radius 3 is 2.37 bits per heavy atom. The molecular formula is C13H18ClF3N2. The van der Waals surface area contributed by atoms with Gasteiger partial charge in [-0.05, 0) is 38.6 Å². The van der Waals surface area contributed by atoms with E-state index in [0.29, 0.717) is 17.3 Å². The van der Waals surface area contributed by atoms with E-state index in [2.05, 4.69) is 5.32 Å². The smallest absolute Gasteiger partial charge is 0.359 e. The molecule has 0 aliphatic carbocycles. The summed E-state index contributed by atoms with van der Waals surface area (Å²) in [5.74, 6) is 0. The van der Waals surface area contributed by atoms with Crippen molar-refractivity contribution in [3.63, 3.8) is 0 Å². The molecule has 0 aromatic heterocycles. The van der Waals surface area contributed by atoms with E-state index < -0.39 is 12.7 Å². The topological polar surface area (TPSA) is 15.3 Å². The Morgan fingerprint density at radius 2 is 1.95 bits per heavy atom. The van der Waals surface area contributed by atoms with Gasteiger partial charge in [-0.3, -0.25) is 0 Å². The lowest BCUT2D eigenvalue weighted by atomic mass is 10.1. The van der Waals surface area contributed by atoms with Crippen molar-refractivity contribution in [2.75, 3.05) is 18.5 Å². The van der Waals surface area contributed by atoms with Gasteiger partial charge in [-0.2, -0.15) is 13.2 Å². The third kappa shape index (κ3) is 4.91. The Balaban J connectivity index is 3.03. The second kappa shape index (κ2) is 6.48. The van der Waals surface area contributed by atoms with Crippen molar-refractivity contribution < 1.29 is 13.2 Å². The second-order valence-corrected chi connectivity index (χ2v) is 5.06. The SMILES string of the molecule is CNCc1ccc(N(CC(F)(F)F)C(C)C)c(Cl)c1. The fourth-order valence-corrected chi connectivity index (χ4v) is 2.15. The Kier molecular flexibility index (Phi) is 5.50. The zero-order valence-corrected chi connectivity index (χ0v) is 11.9. The molecule has 0 spiro atoms. The average molecular weight is 295 g/mol. The van der Waals surface area contributed by atoms with Crippen LogP contribution in [0.4, 0.5) is 18.9 Å². The molecule has 19 heavy (non-hydrogen) atoms. The van der Waals surface area contributed by atoms with Gasteiger partial charge in [-0.1, -0.05) is 17.7 Å². The number of benzene rings is 1. The zero-order chi connectivity index (χ0) is 14.6. The summed E-state index contributed by atoms with van der Waals surface area (Å²) in [6.45, 7) is 3.05. The molecule has 0 unspecified atom stereocenters. The van der Waals surface area contributed by atoms with E-state index in [-0.39, 0.29) is 6.04 Å². The molecule has 0 fully saturated rings. The van der Waals surface area contributed by atoms with E-state index in [4.69, 9.17) is 11.6 Å². The van der Waals surface area contributed by atoms with Crippen LogP contribution in [-0.2, 0) is 6.54 Å². The summed E-state index contributed by atoms with van der Waals surface area (Å²) in [5.41, 5.74) is 1.35. The lowest BCUT2D eigenvalue weighted by molar-refractivity contribution is -0.120. The quantitative estimate of drug-likeness (QED) is 0.888. The molecule has 6 heteroatoms. The van der Waals surface area contributed by atoms with Gasteiger partial charge in [0.25, 0.3) is 0 Å². The summed E-state index contributed by atoms with van der Waals surface area (Å²) in [6, 6.07) is 4.83. The minimum absolute atomic E-state index is 0.283. The first-order chi connectivity index (χ1) is 8.74. The van der Waals surface area contributed by atoms with Gasteiger partial charge in [0, 0.05) is 12.6 Å². The first-order valence-corrected chi connectivity index (χ1v) is 6.39. The van der Waals surface area contributed by atoms with E-state index >= 15 is 0 Å². The van der Waals surface area contributed by atoms with E-state index in [1.165, 1.54) is 4.90 Å². The molecule has 0 radical (unpaired) electrons. The monoisotopic (exact) mass is 294 g/mol. The van der Waals surface area contributed by atoms with Crippen molar-refractivity contribution in [2.24, 2.45) is 0 Å². The molecule has 1 rings (SSSR count). The summed E-state index contributed by atoms with van der Waals surface area (Å²) in [4.78, 5) is 1.26. The molecule has 1 N–H and O–H groups in total. The maximum atomic E-state index is 12.6. The van der Waals surface area contributed by atoms with Crippen LogP contribution < -0.4 is 10.2 Å². The molecule has 2 nitrogen and oxygen atoms in total. The predicted molar refractivity (Wildman–Crippen MR) is 72.8 cm³/mol. The van der Waals surface area contributed by atoms with Gasteiger partial charge < -0.3 is 10.2 Å². The van der Waals surface area contributed by atoms with Gasteiger partial charge in [0.05, 0.1) is 10.7 Å². The summed E-state index contributed by atoms with van der Waals surface area (Å²) in [6.07, 6.45) is -4.25. The van der Waals surface area contributed by atoms with Gasteiger partial charge in [-0.25, -0.2) is 0 Å². The fourth-order valence-electron chi connectivity index (χ4n) is 1.84. The molecule has 0 saturated heterocycles. The van der Waals surface area contributed by atoms with E-state index in [1.54, 1.807) is 39.1 Å². The Morgan fingerprint density at radius 1 is 1.32 bits per heavy atom. The highest BCUT2D eigenvalue weighted by atomic mass is 35.5. The normalized spacial score (nSPS) is 12.0. The predicted octanol–water partition coefficient (Wildman–Crippen LogP) is 3.84. The maximum absolute atomic E-state index is 12.6. The van der Waals surface area contributed by atoms with Crippen molar-refractivity contribution in [3.8, 4) is 0 Å². The molecule has 0 heterocycles. The molecule has 1 aromatic rings. The Bertz CT molecular complexity index is 419. The van der Waals surface area contributed by atoms with Crippen LogP contribution in [-0.4, -0.2) is 25.8 Å². The maximum Gasteiger partial charge on any atom is 0.405 e. The minimum atomic E-state index is -4.25. The van der Waals surface area contributed by atoms with Crippen molar-refractivity contribution in [3.05, 3.63) is 28.8 Å². The highest BCUT2D eigenvalue weighted by molar-refractivity contribution is 6.33. The standard InChI is InChI=1S/C13H18ClF3N2/c1-9(2)19(8-13(15,16)17)12-5-4-10(7-18-3)6-11(12)14/h4-6,9,18H,7-8H2,1-3H3. The van der Waals surface area contributed by atoms with Crippen molar-refractivity contribution >= 4 is 17.3 Å². The summed E-state index contributed by atoms with van der Waals surface area (Å²) in [7, 11) is 1.80. The van der Waals surface area contributed by atoms with Crippen LogP contribution in [0.2, 0.25) is 5.02 Å². The van der Waals surface area contributed by atoms with Gasteiger partial charge in [-0.15, -0.1) is 0 Å². The average Bonchev–Trinajstić information content (AvgIpc) is 2.25. The molecule has 0 saturated carbocycles. The van der Waals surface area contributed by atoms with Gasteiger partial charge in [0.15, 0.2) is 0 Å². The minimum Gasteiger partial charge on any atom is -0.359 e. The van der Waals surface area contributed by atoms with Crippen LogP contribution in [0.25, 0.3) is 0 Å². The van der Waals surface area contributed by atoms with E-state index in [1.807, 2.05) is 0 Å². The van der Waals surface area contributed by atoms with Crippen molar-refractivity contribution in [1.82, 2.24) is 5.32 Å². The third-order valence-electron chi connectivity index (χ3n) is 2.68. The number of nitrogens with zero attached hydrogens (tertiary/aromatic N) is 1. The molecule has 0 amide bonds. The molecule has 108 valence electrons. The second-order valence-electron chi connectivity index (χ2n) is 4.65. The number of anilines is 1. The molecule has 0 atom stereocenters. The zero-order valence-electron chi connectivity index (χ0n) is 11.2. The summed E-state index contributed by atoms with van der Waals surface area (Å²) < 4.78 is 37.8. The van der Waals surface area contributed by atoms with Crippen LogP contribution in [0, 0.1) is 0 Å². The molecular weight excluding hydrogens is 277 g/mol. The summed E-state index contributed by atoms with van der Waals surface area (Å²) >= 11 is 6.10. The number of halogens is 4. The molecule has 1 aromatic carbocycles. The van der Waals surface area contributed by atoms with Gasteiger partial charge in [0.2, 0.25) is 0 Å². The lowest BCUT2D eigenvalue weighted by Crippen LogP contribution is -2.39. The number of rotatable bonds is 5. The van der Waals surface area contributed by atoms with Crippen LogP contribution >= 0.6 is 11.6 Å². The van der Waals surface area contributed by atoms with Crippen LogP contribution in [0.1, 0.15) is 19.4 Å². The number of hydrogen-bond donors (Lipinski definition) is 1. The van der Waals surface area contributed by atoms with Crippen LogP contribution in [0.5, 0.6) is 0 Å². The van der Waals surface area contributed by atoms with Crippen LogP contribution in [0.15, 0.2) is 18.2 Å². The first-order valence-electron chi connectivity index (χ1n) is 6.01. The van der Waals surface area contributed by atoms with Crippen molar-refractivity contribution in [1.29, 1.82) is 0 Å².